The van der Waals surface area contributed by atoms with Gasteiger partial charge in [0.25, 0.3) is 5.91 Å². The number of ether oxygens (including phenoxy) is 1. The Hall–Kier alpha value is -2.40. The molecule has 0 saturated heterocycles. The highest BCUT2D eigenvalue weighted by atomic mass is 19.1. The maximum Gasteiger partial charge on any atom is 0.251 e. The van der Waals surface area contributed by atoms with Crippen molar-refractivity contribution in [2.75, 3.05) is 13.2 Å². The Morgan fingerprint density at radius 3 is 2.73 bits per heavy atom. The van der Waals surface area contributed by atoms with Gasteiger partial charge in [-0.15, -0.1) is 0 Å². The number of rotatable bonds is 3. The zero-order valence-electron chi connectivity index (χ0n) is 11.9. The molecule has 4 nitrogen and oxygen atoms in total. The lowest BCUT2D eigenvalue weighted by Gasteiger charge is -2.34. The van der Waals surface area contributed by atoms with Crippen LogP contribution in [0.25, 0.3) is 0 Å². The lowest BCUT2D eigenvalue weighted by atomic mass is 9.88. The number of benzene rings is 2. The third-order valence-electron chi connectivity index (χ3n) is 3.81. The first kappa shape index (κ1) is 14.5. The second-order valence-corrected chi connectivity index (χ2v) is 5.32. The summed E-state index contributed by atoms with van der Waals surface area (Å²) < 4.78 is 18.4. The molecule has 0 aromatic heterocycles. The summed E-state index contributed by atoms with van der Waals surface area (Å²) >= 11 is 0. The van der Waals surface area contributed by atoms with Gasteiger partial charge in [-0.3, -0.25) is 4.79 Å². The highest BCUT2D eigenvalue weighted by molar-refractivity contribution is 5.94. The monoisotopic (exact) mass is 301 g/mol. The van der Waals surface area contributed by atoms with Gasteiger partial charge in [0, 0.05) is 17.5 Å². The maximum absolute atomic E-state index is 12.9. The number of amides is 1. The van der Waals surface area contributed by atoms with Crippen molar-refractivity contribution >= 4 is 5.91 Å². The van der Waals surface area contributed by atoms with Crippen LogP contribution < -0.4 is 10.1 Å². The predicted octanol–water partition coefficient (Wildman–Crippen LogP) is 2.23. The lowest BCUT2D eigenvalue weighted by Crippen LogP contribution is -2.43. The Labute approximate surface area is 127 Å². The van der Waals surface area contributed by atoms with Crippen molar-refractivity contribution in [1.82, 2.24) is 5.32 Å². The predicted molar refractivity (Wildman–Crippen MR) is 79.2 cm³/mol. The number of carbonyl (C=O) groups is 1. The first-order valence-corrected chi connectivity index (χ1v) is 7.07. The van der Waals surface area contributed by atoms with Crippen molar-refractivity contribution in [1.29, 1.82) is 0 Å². The molecule has 1 heterocycles. The smallest absolute Gasteiger partial charge is 0.251 e. The maximum atomic E-state index is 12.9. The SMILES string of the molecule is O=C(NCC1(O)CCOc2ccccc21)c1ccc(F)cc1. The minimum Gasteiger partial charge on any atom is -0.493 e. The van der Waals surface area contributed by atoms with Crippen LogP contribution in [0, 0.1) is 5.82 Å². The molecule has 5 heteroatoms. The van der Waals surface area contributed by atoms with E-state index in [9.17, 15) is 14.3 Å². The Balaban J connectivity index is 1.73. The molecule has 0 aliphatic carbocycles. The van der Waals surface area contributed by atoms with E-state index < -0.39 is 11.4 Å². The van der Waals surface area contributed by atoms with Crippen LogP contribution in [-0.4, -0.2) is 24.2 Å². The molecule has 114 valence electrons. The number of hydrogen-bond acceptors (Lipinski definition) is 3. The molecule has 2 N–H and O–H groups in total. The van der Waals surface area contributed by atoms with E-state index in [1.165, 1.54) is 24.3 Å². The molecular formula is C17H16FNO3. The van der Waals surface area contributed by atoms with Crippen LogP contribution in [0.15, 0.2) is 48.5 Å². The number of hydrogen-bond donors (Lipinski definition) is 2. The molecule has 0 fully saturated rings. The molecule has 1 atom stereocenters. The van der Waals surface area contributed by atoms with Gasteiger partial charge in [0.2, 0.25) is 0 Å². The van der Waals surface area contributed by atoms with Gasteiger partial charge in [0.05, 0.1) is 13.2 Å². The quantitative estimate of drug-likeness (QED) is 0.914. The van der Waals surface area contributed by atoms with E-state index >= 15 is 0 Å². The molecular weight excluding hydrogens is 285 g/mol. The highest BCUT2D eigenvalue weighted by Gasteiger charge is 2.35. The Morgan fingerprint density at radius 2 is 1.95 bits per heavy atom. The topological polar surface area (TPSA) is 58.6 Å². The summed E-state index contributed by atoms with van der Waals surface area (Å²) in [7, 11) is 0. The van der Waals surface area contributed by atoms with E-state index in [0.717, 1.165) is 0 Å². The van der Waals surface area contributed by atoms with Gasteiger partial charge in [-0.2, -0.15) is 0 Å². The largest absolute Gasteiger partial charge is 0.493 e. The molecule has 0 saturated carbocycles. The number of para-hydroxylation sites is 1. The third-order valence-corrected chi connectivity index (χ3v) is 3.81. The van der Waals surface area contributed by atoms with E-state index in [0.29, 0.717) is 29.9 Å². The normalized spacial score (nSPS) is 19.9. The summed E-state index contributed by atoms with van der Waals surface area (Å²) in [6.45, 7) is 0.462. The number of carbonyl (C=O) groups excluding carboxylic acids is 1. The van der Waals surface area contributed by atoms with Gasteiger partial charge in [-0.05, 0) is 30.3 Å². The first-order chi connectivity index (χ1) is 10.6. The van der Waals surface area contributed by atoms with Crippen LogP contribution in [-0.2, 0) is 5.60 Å². The van der Waals surface area contributed by atoms with E-state index in [1.807, 2.05) is 12.1 Å². The average Bonchev–Trinajstić information content (AvgIpc) is 2.54. The summed E-state index contributed by atoms with van der Waals surface area (Å²) in [5, 5.41) is 13.5. The first-order valence-electron chi connectivity index (χ1n) is 7.07. The third kappa shape index (κ3) is 2.80. The summed E-state index contributed by atoms with van der Waals surface area (Å²) in [6, 6.07) is 12.5. The number of fused-ring (bicyclic) bond motifs is 1. The Kier molecular flexibility index (Phi) is 3.81. The number of aliphatic hydroxyl groups is 1. The molecule has 2 aromatic rings. The van der Waals surface area contributed by atoms with Crippen LogP contribution in [0.2, 0.25) is 0 Å². The van der Waals surface area contributed by atoms with Gasteiger partial charge in [0.1, 0.15) is 17.2 Å². The minimum absolute atomic E-state index is 0.0730. The van der Waals surface area contributed by atoms with E-state index in [-0.39, 0.29) is 12.5 Å². The Bertz CT molecular complexity index is 687. The van der Waals surface area contributed by atoms with Crippen molar-refractivity contribution in [3.63, 3.8) is 0 Å². The summed E-state index contributed by atoms with van der Waals surface area (Å²) in [5.74, 6) is -0.113. The van der Waals surface area contributed by atoms with Gasteiger partial charge in [-0.1, -0.05) is 18.2 Å². The van der Waals surface area contributed by atoms with Crippen molar-refractivity contribution in [2.24, 2.45) is 0 Å². The minimum atomic E-state index is -1.16. The van der Waals surface area contributed by atoms with Crippen LogP contribution in [0.4, 0.5) is 4.39 Å². The van der Waals surface area contributed by atoms with Gasteiger partial charge in [-0.25, -0.2) is 4.39 Å². The van der Waals surface area contributed by atoms with Gasteiger partial charge < -0.3 is 15.2 Å². The van der Waals surface area contributed by atoms with Crippen molar-refractivity contribution < 1.29 is 19.0 Å². The summed E-state index contributed by atoms with van der Waals surface area (Å²) in [4.78, 5) is 12.1. The standard InChI is InChI=1S/C17H16FNO3/c18-13-7-5-12(6-8-13)16(20)19-11-17(21)9-10-22-15-4-2-1-3-14(15)17/h1-8,21H,9-11H2,(H,19,20). The summed E-state index contributed by atoms with van der Waals surface area (Å²) in [5.41, 5.74) is -0.143. The Morgan fingerprint density at radius 1 is 1.23 bits per heavy atom. The molecule has 22 heavy (non-hydrogen) atoms. The van der Waals surface area contributed by atoms with E-state index in [1.54, 1.807) is 12.1 Å². The number of nitrogens with one attached hydrogen (secondary N) is 1. The van der Waals surface area contributed by atoms with E-state index in [2.05, 4.69) is 5.32 Å². The molecule has 1 amide bonds. The second kappa shape index (κ2) is 5.77. The fourth-order valence-electron chi connectivity index (χ4n) is 2.55. The van der Waals surface area contributed by atoms with E-state index in [4.69, 9.17) is 4.74 Å². The second-order valence-electron chi connectivity index (χ2n) is 5.32. The van der Waals surface area contributed by atoms with Crippen LogP contribution in [0.1, 0.15) is 22.3 Å². The van der Waals surface area contributed by atoms with Crippen molar-refractivity contribution in [3.8, 4) is 5.75 Å². The van der Waals surface area contributed by atoms with Gasteiger partial charge >= 0.3 is 0 Å². The molecule has 2 aromatic carbocycles. The van der Waals surface area contributed by atoms with Crippen molar-refractivity contribution in [3.05, 3.63) is 65.5 Å². The molecule has 0 bridgehead atoms. The van der Waals surface area contributed by atoms with Gasteiger partial charge in [0.15, 0.2) is 0 Å². The molecule has 1 unspecified atom stereocenters. The molecule has 1 aliphatic heterocycles. The molecule has 0 radical (unpaired) electrons. The highest BCUT2D eigenvalue weighted by Crippen LogP contribution is 2.36. The fourth-order valence-corrected chi connectivity index (χ4v) is 2.55. The lowest BCUT2D eigenvalue weighted by molar-refractivity contribution is -0.00160. The molecule has 1 aliphatic rings. The summed E-state index contributed by atoms with van der Waals surface area (Å²) in [6.07, 6.45) is 0.397. The zero-order chi connectivity index (χ0) is 15.6. The number of halogens is 1. The molecule has 0 spiro atoms. The van der Waals surface area contributed by atoms with Crippen molar-refractivity contribution in [2.45, 2.75) is 12.0 Å². The zero-order valence-corrected chi connectivity index (χ0v) is 11.9. The molecule has 3 rings (SSSR count). The van der Waals surface area contributed by atoms with Crippen LogP contribution in [0.3, 0.4) is 0 Å². The fraction of sp³-hybridized carbons (Fsp3) is 0.235. The average molecular weight is 301 g/mol. The van der Waals surface area contributed by atoms with Crippen LogP contribution in [0.5, 0.6) is 5.75 Å². The van der Waals surface area contributed by atoms with Crippen LogP contribution >= 0.6 is 0 Å².